The second-order valence-electron chi connectivity index (χ2n) is 2.92. The summed E-state index contributed by atoms with van der Waals surface area (Å²) in [6.07, 6.45) is 3.55. The number of aromatic nitrogens is 4. The smallest absolute Gasteiger partial charge is 0.233 e. The molecule has 2 heterocycles. The number of hydrogen-bond acceptors (Lipinski definition) is 6. The predicted molar refractivity (Wildman–Crippen MR) is 55.0 cm³/mol. The van der Waals surface area contributed by atoms with Crippen molar-refractivity contribution in [2.45, 2.75) is 0 Å². The molecule has 2 aromatic rings. The first-order valence-corrected chi connectivity index (χ1v) is 4.49. The predicted octanol–water partition coefficient (Wildman–Crippen LogP) is 0.755. The van der Waals surface area contributed by atoms with E-state index >= 15 is 0 Å². The fourth-order valence-corrected chi connectivity index (χ4v) is 1.08. The largest absolute Gasteiger partial charge is 0.480 e. The van der Waals surface area contributed by atoms with Crippen LogP contribution in [0.25, 0.3) is 11.5 Å². The van der Waals surface area contributed by atoms with E-state index in [-0.39, 0.29) is 0 Å². The molecular formula is C10H8N4O2. The van der Waals surface area contributed by atoms with Crippen molar-refractivity contribution in [3.05, 3.63) is 30.1 Å². The Labute approximate surface area is 91.3 Å². The molecular weight excluding hydrogens is 208 g/mol. The molecule has 0 aliphatic rings. The van der Waals surface area contributed by atoms with Gasteiger partial charge in [0, 0.05) is 18.5 Å². The van der Waals surface area contributed by atoms with Crippen molar-refractivity contribution >= 4 is 6.29 Å². The Morgan fingerprint density at radius 3 is 2.44 bits per heavy atom. The van der Waals surface area contributed by atoms with Gasteiger partial charge in [-0.15, -0.1) is 10.2 Å². The van der Waals surface area contributed by atoms with Gasteiger partial charge in [-0.05, 0) is 6.07 Å². The second-order valence-corrected chi connectivity index (χ2v) is 2.92. The van der Waals surface area contributed by atoms with Crippen LogP contribution in [0.3, 0.4) is 0 Å². The Morgan fingerprint density at radius 1 is 1.19 bits per heavy atom. The second kappa shape index (κ2) is 4.43. The first-order valence-electron chi connectivity index (χ1n) is 4.49. The molecule has 0 saturated carbocycles. The van der Waals surface area contributed by atoms with Crippen LogP contribution in [0, 0.1) is 0 Å². The number of aldehydes is 1. The van der Waals surface area contributed by atoms with E-state index in [0.29, 0.717) is 29.2 Å². The van der Waals surface area contributed by atoms with Crippen LogP contribution in [0.2, 0.25) is 0 Å². The average molecular weight is 216 g/mol. The third-order valence-electron chi connectivity index (χ3n) is 1.89. The minimum absolute atomic E-state index is 0.417. The topological polar surface area (TPSA) is 77.9 Å². The molecule has 0 fully saturated rings. The van der Waals surface area contributed by atoms with E-state index in [2.05, 4.69) is 20.2 Å². The van der Waals surface area contributed by atoms with Crippen molar-refractivity contribution < 1.29 is 9.53 Å². The zero-order chi connectivity index (χ0) is 11.4. The van der Waals surface area contributed by atoms with Gasteiger partial charge in [0.2, 0.25) is 5.88 Å². The Bertz CT molecular complexity index is 481. The summed E-state index contributed by atoms with van der Waals surface area (Å²) in [7, 11) is 1.51. The summed E-state index contributed by atoms with van der Waals surface area (Å²) < 4.78 is 4.88. The Kier molecular flexibility index (Phi) is 2.81. The summed E-state index contributed by atoms with van der Waals surface area (Å²) in [5.41, 5.74) is 0.948. The number of carbonyl (C=O) groups excluding carboxylic acids is 1. The molecule has 0 radical (unpaired) electrons. The van der Waals surface area contributed by atoms with E-state index in [9.17, 15) is 4.79 Å². The van der Waals surface area contributed by atoms with Crippen LogP contribution < -0.4 is 4.74 Å². The van der Waals surface area contributed by atoms with E-state index < -0.39 is 0 Å². The van der Waals surface area contributed by atoms with Gasteiger partial charge < -0.3 is 4.74 Å². The van der Waals surface area contributed by atoms with Crippen LogP contribution >= 0.6 is 0 Å². The zero-order valence-electron chi connectivity index (χ0n) is 8.49. The van der Waals surface area contributed by atoms with Crippen LogP contribution in [-0.2, 0) is 0 Å². The van der Waals surface area contributed by atoms with E-state index in [1.165, 1.54) is 19.5 Å². The van der Waals surface area contributed by atoms with Gasteiger partial charge in [0.05, 0.1) is 12.7 Å². The van der Waals surface area contributed by atoms with Crippen molar-refractivity contribution in [2.75, 3.05) is 7.11 Å². The van der Waals surface area contributed by atoms with Crippen LogP contribution in [-0.4, -0.2) is 33.6 Å². The van der Waals surface area contributed by atoms with Crippen LogP contribution in [0.1, 0.15) is 10.4 Å². The summed E-state index contributed by atoms with van der Waals surface area (Å²) in [6, 6.07) is 3.36. The lowest BCUT2D eigenvalue weighted by Gasteiger charge is -1.99. The van der Waals surface area contributed by atoms with Crippen molar-refractivity contribution in [1.82, 2.24) is 20.2 Å². The molecule has 0 saturated heterocycles. The van der Waals surface area contributed by atoms with Crippen molar-refractivity contribution in [2.24, 2.45) is 0 Å². The fraction of sp³-hybridized carbons (Fsp3) is 0.100. The molecule has 2 aromatic heterocycles. The van der Waals surface area contributed by atoms with Gasteiger partial charge in [-0.3, -0.25) is 4.79 Å². The van der Waals surface area contributed by atoms with Crippen LogP contribution in [0.4, 0.5) is 0 Å². The standard InChI is InChI=1S/C10H8N4O2/c1-16-9-3-2-8(13-14-9)10-11-4-7(6-15)5-12-10/h2-6H,1H3. The number of nitrogens with zero attached hydrogens (tertiary/aromatic N) is 4. The van der Waals surface area contributed by atoms with Gasteiger partial charge in [0.1, 0.15) is 5.69 Å². The molecule has 16 heavy (non-hydrogen) atoms. The average Bonchev–Trinajstić information content (AvgIpc) is 2.39. The van der Waals surface area contributed by atoms with Gasteiger partial charge >= 0.3 is 0 Å². The van der Waals surface area contributed by atoms with E-state index in [1.807, 2.05) is 0 Å². The normalized spacial score (nSPS) is 9.81. The fourth-order valence-electron chi connectivity index (χ4n) is 1.08. The Morgan fingerprint density at radius 2 is 1.94 bits per heavy atom. The third-order valence-corrected chi connectivity index (χ3v) is 1.89. The quantitative estimate of drug-likeness (QED) is 0.704. The molecule has 0 amide bonds. The van der Waals surface area contributed by atoms with Gasteiger partial charge in [-0.25, -0.2) is 9.97 Å². The molecule has 6 heteroatoms. The molecule has 0 aliphatic carbocycles. The van der Waals surface area contributed by atoms with E-state index in [4.69, 9.17) is 4.74 Å². The van der Waals surface area contributed by atoms with Crippen LogP contribution in [0.15, 0.2) is 24.5 Å². The maximum Gasteiger partial charge on any atom is 0.233 e. The lowest BCUT2D eigenvalue weighted by molar-refractivity contribution is 0.112. The van der Waals surface area contributed by atoms with E-state index in [0.717, 1.165) is 0 Å². The SMILES string of the molecule is COc1ccc(-c2ncc(C=O)cn2)nn1. The van der Waals surface area contributed by atoms with Gasteiger partial charge in [0.25, 0.3) is 0 Å². The van der Waals surface area contributed by atoms with Crippen molar-refractivity contribution in [3.8, 4) is 17.4 Å². The number of hydrogen-bond donors (Lipinski definition) is 0. The third kappa shape index (κ3) is 2.00. The number of rotatable bonds is 3. The first-order chi connectivity index (χ1) is 7.83. The molecule has 0 aliphatic heterocycles. The first kappa shape index (κ1) is 10.2. The molecule has 0 unspecified atom stereocenters. The molecule has 6 nitrogen and oxygen atoms in total. The molecule has 0 atom stereocenters. The minimum Gasteiger partial charge on any atom is -0.480 e. The van der Waals surface area contributed by atoms with Crippen LogP contribution in [0.5, 0.6) is 5.88 Å². The summed E-state index contributed by atoms with van der Waals surface area (Å²) in [5.74, 6) is 0.842. The van der Waals surface area contributed by atoms with Gasteiger partial charge in [0.15, 0.2) is 12.1 Å². The maximum absolute atomic E-state index is 10.4. The summed E-state index contributed by atoms with van der Waals surface area (Å²) >= 11 is 0. The minimum atomic E-state index is 0.417. The molecule has 0 bridgehead atoms. The highest BCUT2D eigenvalue weighted by Crippen LogP contribution is 2.12. The lowest BCUT2D eigenvalue weighted by Crippen LogP contribution is -1.96. The molecule has 80 valence electrons. The Hall–Kier alpha value is -2.37. The summed E-state index contributed by atoms with van der Waals surface area (Å²) in [5, 5.41) is 7.68. The molecule has 2 rings (SSSR count). The van der Waals surface area contributed by atoms with Gasteiger partial charge in [-0.1, -0.05) is 0 Å². The zero-order valence-corrected chi connectivity index (χ0v) is 8.49. The molecule has 0 spiro atoms. The number of ether oxygens (including phenoxy) is 1. The number of carbonyl (C=O) groups is 1. The Balaban J connectivity index is 2.31. The highest BCUT2D eigenvalue weighted by molar-refractivity contribution is 5.73. The van der Waals surface area contributed by atoms with E-state index in [1.54, 1.807) is 12.1 Å². The summed E-state index contributed by atoms with van der Waals surface area (Å²) in [6.45, 7) is 0. The number of methoxy groups -OCH3 is 1. The van der Waals surface area contributed by atoms with Gasteiger partial charge in [-0.2, -0.15) is 0 Å². The lowest BCUT2D eigenvalue weighted by atomic mass is 10.3. The maximum atomic E-state index is 10.4. The molecule has 0 N–H and O–H groups in total. The van der Waals surface area contributed by atoms with Crippen molar-refractivity contribution in [1.29, 1.82) is 0 Å². The highest BCUT2D eigenvalue weighted by Gasteiger charge is 2.04. The molecule has 0 aromatic carbocycles. The highest BCUT2D eigenvalue weighted by atomic mass is 16.5. The van der Waals surface area contributed by atoms with Crippen molar-refractivity contribution in [3.63, 3.8) is 0 Å². The monoisotopic (exact) mass is 216 g/mol. The summed E-state index contributed by atoms with van der Waals surface area (Å²) in [4.78, 5) is 18.4.